The quantitative estimate of drug-likeness (QED) is 0.135. The van der Waals surface area contributed by atoms with E-state index in [0.717, 1.165) is 6.08 Å². The lowest BCUT2D eigenvalue weighted by molar-refractivity contribution is -0.136. The van der Waals surface area contributed by atoms with Crippen LogP contribution in [-0.2, 0) is 14.4 Å². The predicted molar refractivity (Wildman–Crippen MR) is 138 cm³/mol. The third-order valence-corrected chi connectivity index (χ3v) is 4.72. The van der Waals surface area contributed by atoms with E-state index in [2.05, 4.69) is 0 Å². The maximum absolute atomic E-state index is 12.2. The van der Waals surface area contributed by atoms with Crippen molar-refractivity contribution >= 4 is 29.9 Å². The summed E-state index contributed by atoms with van der Waals surface area (Å²) in [6.07, 6.45) is 6.70. The minimum atomic E-state index is -0.790. The number of benzene rings is 2. The van der Waals surface area contributed by atoms with Crippen molar-refractivity contribution in [3.05, 3.63) is 71.5 Å². The number of aliphatic hydroxyl groups excluding tert-OH is 1. The molecule has 10 nitrogen and oxygen atoms in total. The molecule has 0 bridgehead atoms. The van der Waals surface area contributed by atoms with Crippen LogP contribution in [-0.4, -0.2) is 49.1 Å². The molecule has 0 saturated carbocycles. The van der Waals surface area contributed by atoms with Crippen molar-refractivity contribution in [3.63, 3.8) is 0 Å². The lowest BCUT2D eigenvalue weighted by atomic mass is 10.1. The molecule has 0 heterocycles. The van der Waals surface area contributed by atoms with Crippen LogP contribution in [0.1, 0.15) is 25.0 Å². The Morgan fingerprint density at radius 2 is 1.19 bits per heavy atom. The van der Waals surface area contributed by atoms with Gasteiger partial charge in [0.1, 0.15) is 17.8 Å². The van der Waals surface area contributed by atoms with Crippen molar-refractivity contribution in [2.75, 3.05) is 14.2 Å². The maximum Gasteiger partial charge on any atom is 0.328 e. The van der Waals surface area contributed by atoms with Crippen LogP contribution in [0.5, 0.6) is 23.0 Å². The van der Waals surface area contributed by atoms with Crippen molar-refractivity contribution in [2.45, 2.75) is 25.9 Å². The Balaban J connectivity index is 2.08. The third-order valence-electron chi connectivity index (χ3n) is 4.72. The van der Waals surface area contributed by atoms with Crippen molar-refractivity contribution in [3.8, 4) is 23.0 Å². The van der Waals surface area contributed by atoms with Crippen LogP contribution in [0.3, 0.4) is 0 Å². The number of allylic oxidation sites excluding steroid dienone is 3. The molecule has 0 fully saturated rings. The second kappa shape index (κ2) is 13.6. The number of ether oxygens (including phenoxy) is 4. The van der Waals surface area contributed by atoms with Gasteiger partial charge in [0.05, 0.1) is 14.2 Å². The zero-order valence-electron chi connectivity index (χ0n) is 21.0. The fraction of sp³-hybridized carbons (Fsp3) is 0.222. The molecule has 37 heavy (non-hydrogen) atoms. The van der Waals surface area contributed by atoms with Gasteiger partial charge >= 0.3 is 11.9 Å². The highest BCUT2D eigenvalue weighted by atomic mass is 16.6. The summed E-state index contributed by atoms with van der Waals surface area (Å²) >= 11 is 0. The molecule has 0 aliphatic heterocycles. The Bertz CT molecular complexity index is 1230. The molecule has 0 spiro atoms. The predicted octanol–water partition coefficient (Wildman–Crippen LogP) is 2.95. The fourth-order valence-electron chi connectivity index (χ4n) is 2.75. The van der Waals surface area contributed by atoms with Gasteiger partial charge in [-0.3, -0.25) is 4.79 Å². The lowest BCUT2D eigenvalue weighted by Crippen LogP contribution is -2.30. The normalized spacial score (nSPS) is 13.3. The van der Waals surface area contributed by atoms with E-state index >= 15 is 0 Å². The summed E-state index contributed by atoms with van der Waals surface area (Å²) in [4.78, 5) is 35.7. The van der Waals surface area contributed by atoms with Gasteiger partial charge in [-0.05, 0) is 61.4 Å². The first kappa shape index (κ1) is 28.8. The van der Waals surface area contributed by atoms with Gasteiger partial charge in [-0.1, -0.05) is 24.3 Å². The highest BCUT2D eigenvalue weighted by Gasteiger charge is 2.15. The van der Waals surface area contributed by atoms with Crippen LogP contribution in [0.2, 0.25) is 0 Å². The Morgan fingerprint density at radius 1 is 0.757 bits per heavy atom. The summed E-state index contributed by atoms with van der Waals surface area (Å²) < 4.78 is 20.8. The Morgan fingerprint density at radius 3 is 1.59 bits per heavy atom. The molecule has 2 aromatic rings. The average Bonchev–Trinajstić information content (AvgIpc) is 2.87. The first-order valence-electron chi connectivity index (χ1n) is 11.2. The minimum Gasteiger partial charge on any atom is -0.508 e. The van der Waals surface area contributed by atoms with E-state index < -0.39 is 29.8 Å². The van der Waals surface area contributed by atoms with Crippen LogP contribution in [0, 0.1) is 0 Å². The molecular weight excluding hydrogens is 480 g/mol. The highest BCUT2D eigenvalue weighted by molar-refractivity contribution is 6.02. The van der Waals surface area contributed by atoms with Gasteiger partial charge in [-0.15, -0.1) is 0 Å². The third kappa shape index (κ3) is 8.95. The molecule has 0 saturated heterocycles. The van der Waals surface area contributed by atoms with Gasteiger partial charge in [-0.2, -0.15) is 0 Å². The number of methoxy groups -OCH3 is 2. The SMILES string of the molecule is COc1cc(/C=C/C(=O)C=C(O)/C=C/c2ccc(OC(=O)[C@H](C)N)c(OC)c2)ccc1OC(=O)[C@H](C)N. The smallest absolute Gasteiger partial charge is 0.328 e. The van der Waals surface area contributed by atoms with E-state index in [1.54, 1.807) is 30.3 Å². The Labute approximate surface area is 214 Å². The molecule has 2 rings (SSSR count). The molecule has 0 aliphatic carbocycles. The number of carbonyl (C=O) groups excluding carboxylic acids is 3. The second-order valence-corrected chi connectivity index (χ2v) is 7.88. The average molecular weight is 511 g/mol. The molecule has 0 aromatic heterocycles. The van der Waals surface area contributed by atoms with Gasteiger partial charge in [0.2, 0.25) is 0 Å². The number of rotatable bonds is 11. The van der Waals surface area contributed by atoms with Crippen molar-refractivity contribution < 1.29 is 38.4 Å². The monoisotopic (exact) mass is 510 g/mol. The highest BCUT2D eigenvalue weighted by Crippen LogP contribution is 2.30. The number of hydrogen-bond acceptors (Lipinski definition) is 10. The van der Waals surface area contributed by atoms with E-state index in [9.17, 15) is 19.5 Å². The minimum absolute atomic E-state index is 0.202. The van der Waals surface area contributed by atoms with Gasteiger partial charge in [0.15, 0.2) is 28.8 Å². The summed E-state index contributed by atoms with van der Waals surface area (Å²) in [5, 5.41) is 10.1. The molecule has 0 unspecified atom stereocenters. The van der Waals surface area contributed by atoms with Gasteiger partial charge in [0, 0.05) is 6.08 Å². The maximum atomic E-state index is 12.2. The lowest BCUT2D eigenvalue weighted by Gasteiger charge is -2.11. The molecular formula is C27H30N2O8. The number of esters is 2. The molecule has 2 atom stereocenters. The largest absolute Gasteiger partial charge is 0.508 e. The van der Waals surface area contributed by atoms with E-state index in [1.165, 1.54) is 58.4 Å². The van der Waals surface area contributed by atoms with Crippen LogP contribution in [0.4, 0.5) is 0 Å². The van der Waals surface area contributed by atoms with E-state index in [0.29, 0.717) is 22.6 Å². The molecule has 0 radical (unpaired) electrons. The molecule has 10 heteroatoms. The summed E-state index contributed by atoms with van der Waals surface area (Å²) in [5.41, 5.74) is 12.2. The van der Waals surface area contributed by atoms with Gasteiger partial charge in [0.25, 0.3) is 0 Å². The van der Waals surface area contributed by atoms with Crippen molar-refractivity contribution in [1.29, 1.82) is 0 Å². The summed E-state index contributed by atoms with van der Waals surface area (Å²) in [6, 6.07) is 7.92. The fourth-order valence-corrected chi connectivity index (χ4v) is 2.75. The zero-order valence-corrected chi connectivity index (χ0v) is 21.0. The zero-order chi connectivity index (χ0) is 27.5. The first-order valence-corrected chi connectivity index (χ1v) is 11.2. The first-order chi connectivity index (χ1) is 17.5. The molecule has 196 valence electrons. The van der Waals surface area contributed by atoms with Crippen LogP contribution in [0.15, 0.2) is 60.4 Å². The van der Waals surface area contributed by atoms with Gasteiger partial charge < -0.3 is 35.5 Å². The number of ketones is 1. The van der Waals surface area contributed by atoms with Crippen molar-refractivity contribution in [1.82, 2.24) is 0 Å². The number of carbonyl (C=O) groups is 3. The van der Waals surface area contributed by atoms with E-state index in [4.69, 9.17) is 30.4 Å². The molecule has 0 aliphatic rings. The summed E-state index contributed by atoms with van der Waals surface area (Å²) in [6.45, 7) is 3.01. The molecule has 5 N–H and O–H groups in total. The van der Waals surface area contributed by atoms with Crippen LogP contribution >= 0.6 is 0 Å². The van der Waals surface area contributed by atoms with E-state index in [1.807, 2.05) is 0 Å². The van der Waals surface area contributed by atoms with Gasteiger partial charge in [-0.25, -0.2) is 9.59 Å². The summed E-state index contributed by atoms with van der Waals surface area (Å²) in [5.74, 6) is -0.962. The van der Waals surface area contributed by atoms with E-state index in [-0.39, 0.29) is 17.3 Å². The summed E-state index contributed by atoms with van der Waals surface area (Å²) in [7, 11) is 2.84. The molecule has 2 aromatic carbocycles. The molecule has 0 amide bonds. The number of hydrogen-bond donors (Lipinski definition) is 3. The topological polar surface area (TPSA) is 160 Å². The second-order valence-electron chi connectivity index (χ2n) is 7.88. The standard InChI is InChI=1S/C27H30N2O8/c1-16(28)26(32)36-22-11-7-18(13-24(22)34-3)5-9-20(30)15-21(31)10-6-19-8-12-23(25(14-19)35-4)37-27(33)17(2)29/h5-17,30H,28-29H2,1-4H3/b9-5+,10-6+,20-15?/t16-,17-/m0/s1. The Hall–Kier alpha value is -4.41. The van der Waals surface area contributed by atoms with Crippen molar-refractivity contribution in [2.24, 2.45) is 11.5 Å². The number of nitrogens with two attached hydrogens (primary N) is 2. The van der Waals surface area contributed by atoms with Crippen LogP contribution in [0.25, 0.3) is 12.2 Å². The van der Waals surface area contributed by atoms with Crippen LogP contribution < -0.4 is 30.4 Å². The Kier molecular flexibility index (Phi) is 10.6. The number of aliphatic hydroxyl groups is 1.